The van der Waals surface area contributed by atoms with Crippen molar-refractivity contribution in [1.29, 1.82) is 0 Å². The number of hydrogen-bond acceptors (Lipinski definition) is 5. The summed E-state index contributed by atoms with van der Waals surface area (Å²) in [6.45, 7) is 6.38. The van der Waals surface area contributed by atoms with E-state index in [9.17, 15) is 4.39 Å². The molecular formula is C18H24FN3O2. The van der Waals surface area contributed by atoms with Crippen LogP contribution in [0.3, 0.4) is 0 Å². The third-order valence-electron chi connectivity index (χ3n) is 4.48. The third kappa shape index (κ3) is 3.99. The van der Waals surface area contributed by atoms with Crippen LogP contribution in [0.25, 0.3) is 0 Å². The summed E-state index contributed by atoms with van der Waals surface area (Å²) in [6, 6.07) is 6.55. The van der Waals surface area contributed by atoms with Crippen LogP contribution in [0.5, 0.6) is 0 Å². The van der Waals surface area contributed by atoms with Crippen molar-refractivity contribution in [2.75, 3.05) is 19.7 Å². The molecule has 0 N–H and O–H groups in total. The average molecular weight is 333 g/mol. The summed E-state index contributed by atoms with van der Waals surface area (Å²) in [5, 5.41) is 4.07. The molecule has 0 bridgehead atoms. The molecule has 24 heavy (non-hydrogen) atoms. The fraction of sp³-hybridized carbons (Fsp3) is 0.556. The average Bonchev–Trinajstić information content (AvgIpc) is 3.09. The predicted octanol–water partition coefficient (Wildman–Crippen LogP) is 3.69. The van der Waals surface area contributed by atoms with Gasteiger partial charge in [-0.2, -0.15) is 4.98 Å². The van der Waals surface area contributed by atoms with E-state index in [-0.39, 0.29) is 18.0 Å². The number of halogens is 1. The molecule has 2 aromatic rings. The lowest BCUT2D eigenvalue weighted by molar-refractivity contribution is -0.0469. The van der Waals surface area contributed by atoms with Crippen LogP contribution < -0.4 is 0 Å². The number of hydrogen-bond donors (Lipinski definition) is 0. The number of ether oxygens (including phenoxy) is 1. The van der Waals surface area contributed by atoms with Gasteiger partial charge in [0.25, 0.3) is 0 Å². The summed E-state index contributed by atoms with van der Waals surface area (Å²) in [5.41, 5.74) is 0.988. The molecule has 0 saturated carbocycles. The molecule has 1 aromatic heterocycles. The van der Waals surface area contributed by atoms with Crippen LogP contribution >= 0.6 is 0 Å². The van der Waals surface area contributed by atoms with Gasteiger partial charge in [0.1, 0.15) is 5.82 Å². The van der Waals surface area contributed by atoms with Gasteiger partial charge in [0.05, 0.1) is 18.8 Å². The maximum absolute atomic E-state index is 13.1. The van der Waals surface area contributed by atoms with Crippen LogP contribution in [0, 0.1) is 5.82 Å². The van der Waals surface area contributed by atoms with Crippen molar-refractivity contribution in [3.05, 3.63) is 47.4 Å². The molecule has 0 amide bonds. The maximum Gasteiger partial charge on any atom is 0.243 e. The highest BCUT2D eigenvalue weighted by Crippen LogP contribution is 2.28. The minimum absolute atomic E-state index is 0.0414. The number of morpholine rings is 1. The molecular weight excluding hydrogens is 309 g/mol. The van der Waals surface area contributed by atoms with E-state index in [2.05, 4.69) is 28.9 Å². The smallest absolute Gasteiger partial charge is 0.243 e. The van der Waals surface area contributed by atoms with Gasteiger partial charge in [-0.1, -0.05) is 30.6 Å². The summed E-state index contributed by atoms with van der Waals surface area (Å²) in [7, 11) is 0. The van der Waals surface area contributed by atoms with Gasteiger partial charge < -0.3 is 9.26 Å². The molecule has 0 aliphatic carbocycles. The highest BCUT2D eigenvalue weighted by molar-refractivity contribution is 5.19. The van der Waals surface area contributed by atoms with E-state index in [0.717, 1.165) is 43.7 Å². The molecule has 1 fully saturated rings. The Hall–Kier alpha value is -1.79. The van der Waals surface area contributed by atoms with Gasteiger partial charge in [-0.25, -0.2) is 4.39 Å². The number of rotatable bonds is 6. The standard InChI is InChI=1S/C18H24FN3O2/c1-3-4-5-17-20-18(24-21-17)13(2)22-10-11-23-16(12-22)14-6-8-15(19)9-7-14/h6-9,13,16H,3-5,10-12H2,1-2H3/t13-,16-/m1/s1. The van der Waals surface area contributed by atoms with E-state index in [4.69, 9.17) is 9.26 Å². The second kappa shape index (κ2) is 7.85. The molecule has 2 heterocycles. The Balaban J connectivity index is 1.65. The lowest BCUT2D eigenvalue weighted by Crippen LogP contribution is -2.40. The summed E-state index contributed by atoms with van der Waals surface area (Å²) < 4.78 is 24.4. The van der Waals surface area contributed by atoms with E-state index >= 15 is 0 Å². The largest absolute Gasteiger partial charge is 0.371 e. The molecule has 2 atom stereocenters. The second-order valence-electron chi connectivity index (χ2n) is 6.23. The predicted molar refractivity (Wildman–Crippen MR) is 88.0 cm³/mol. The van der Waals surface area contributed by atoms with Crippen molar-refractivity contribution in [3.63, 3.8) is 0 Å². The first-order valence-corrected chi connectivity index (χ1v) is 8.61. The molecule has 3 rings (SSSR count). The molecule has 1 aliphatic rings. The minimum atomic E-state index is -0.231. The van der Waals surface area contributed by atoms with Crippen LogP contribution in [0.1, 0.15) is 56.1 Å². The molecule has 1 aliphatic heterocycles. The van der Waals surface area contributed by atoms with Crippen molar-refractivity contribution < 1.29 is 13.7 Å². The van der Waals surface area contributed by atoms with Gasteiger partial charge in [-0.15, -0.1) is 0 Å². The van der Waals surface area contributed by atoms with Crippen LogP contribution in [0.15, 0.2) is 28.8 Å². The van der Waals surface area contributed by atoms with Gasteiger partial charge in [0.15, 0.2) is 5.82 Å². The zero-order valence-electron chi connectivity index (χ0n) is 14.2. The SMILES string of the molecule is CCCCc1noc([C@@H](C)N2CCO[C@@H](c3ccc(F)cc3)C2)n1. The highest BCUT2D eigenvalue weighted by Gasteiger charge is 2.28. The van der Waals surface area contributed by atoms with E-state index in [1.54, 1.807) is 12.1 Å². The van der Waals surface area contributed by atoms with Crippen LogP contribution in [0.2, 0.25) is 0 Å². The number of unbranched alkanes of at least 4 members (excludes halogenated alkanes) is 1. The molecule has 5 nitrogen and oxygen atoms in total. The molecule has 6 heteroatoms. The Kier molecular flexibility index (Phi) is 5.58. The van der Waals surface area contributed by atoms with Crippen LogP contribution in [0.4, 0.5) is 4.39 Å². The Morgan fingerprint density at radius 2 is 2.12 bits per heavy atom. The first-order chi connectivity index (χ1) is 11.7. The van der Waals surface area contributed by atoms with Crippen LogP contribution in [-0.2, 0) is 11.2 Å². The number of aryl methyl sites for hydroxylation is 1. The second-order valence-corrected chi connectivity index (χ2v) is 6.23. The van der Waals surface area contributed by atoms with Crippen molar-refractivity contribution in [2.24, 2.45) is 0 Å². The first kappa shape index (κ1) is 17.0. The molecule has 1 aromatic carbocycles. The Morgan fingerprint density at radius 3 is 2.88 bits per heavy atom. The molecule has 1 saturated heterocycles. The van der Waals surface area contributed by atoms with E-state index in [1.165, 1.54) is 12.1 Å². The van der Waals surface area contributed by atoms with Crippen molar-refractivity contribution >= 4 is 0 Å². The van der Waals surface area contributed by atoms with Gasteiger partial charge >= 0.3 is 0 Å². The summed E-state index contributed by atoms with van der Waals surface area (Å²) in [5.74, 6) is 1.20. The number of nitrogens with zero attached hydrogens (tertiary/aromatic N) is 3. The van der Waals surface area contributed by atoms with E-state index in [1.807, 2.05) is 0 Å². The zero-order chi connectivity index (χ0) is 16.9. The van der Waals surface area contributed by atoms with Gasteiger partial charge in [0.2, 0.25) is 5.89 Å². The summed E-state index contributed by atoms with van der Waals surface area (Å²) >= 11 is 0. The molecule has 130 valence electrons. The normalized spacial score (nSPS) is 20.2. The number of benzene rings is 1. The first-order valence-electron chi connectivity index (χ1n) is 8.61. The summed E-state index contributed by atoms with van der Waals surface area (Å²) in [6.07, 6.45) is 2.97. The Bertz CT molecular complexity index is 644. The van der Waals surface area contributed by atoms with Crippen molar-refractivity contribution in [1.82, 2.24) is 15.0 Å². The van der Waals surface area contributed by atoms with Gasteiger partial charge in [-0.05, 0) is 31.0 Å². The fourth-order valence-electron chi connectivity index (χ4n) is 2.93. The maximum atomic E-state index is 13.1. The Labute approximate surface area is 141 Å². The van der Waals surface area contributed by atoms with E-state index < -0.39 is 0 Å². The quantitative estimate of drug-likeness (QED) is 0.807. The van der Waals surface area contributed by atoms with Gasteiger partial charge in [-0.3, -0.25) is 4.90 Å². The third-order valence-corrected chi connectivity index (χ3v) is 4.48. The molecule has 0 unspecified atom stereocenters. The van der Waals surface area contributed by atoms with Crippen LogP contribution in [-0.4, -0.2) is 34.7 Å². The number of aromatic nitrogens is 2. The Morgan fingerprint density at radius 1 is 1.33 bits per heavy atom. The topological polar surface area (TPSA) is 51.4 Å². The zero-order valence-corrected chi connectivity index (χ0v) is 14.2. The van der Waals surface area contributed by atoms with Gasteiger partial charge in [0, 0.05) is 19.5 Å². The van der Waals surface area contributed by atoms with E-state index in [0.29, 0.717) is 12.5 Å². The monoisotopic (exact) mass is 333 g/mol. The van der Waals surface area contributed by atoms with Crippen molar-refractivity contribution in [2.45, 2.75) is 45.3 Å². The lowest BCUT2D eigenvalue weighted by Gasteiger charge is -2.35. The lowest BCUT2D eigenvalue weighted by atomic mass is 10.1. The molecule has 0 spiro atoms. The highest BCUT2D eigenvalue weighted by atomic mass is 19.1. The van der Waals surface area contributed by atoms with Crippen molar-refractivity contribution in [3.8, 4) is 0 Å². The minimum Gasteiger partial charge on any atom is -0.371 e. The fourth-order valence-corrected chi connectivity index (χ4v) is 2.93. The summed E-state index contributed by atoms with van der Waals surface area (Å²) in [4.78, 5) is 6.79. The molecule has 0 radical (unpaired) electrons.